The van der Waals surface area contributed by atoms with Crippen LogP contribution in [0.3, 0.4) is 0 Å². The molecule has 82 valence electrons. The van der Waals surface area contributed by atoms with E-state index in [0.29, 0.717) is 0 Å². The Morgan fingerprint density at radius 1 is 1.50 bits per heavy atom. The van der Waals surface area contributed by atoms with Crippen LogP contribution in [0.4, 0.5) is 0 Å². The summed E-state index contributed by atoms with van der Waals surface area (Å²) in [5, 5.41) is 3.56. The molecule has 0 radical (unpaired) electrons. The number of hydrogen-bond donors (Lipinski definition) is 1. The molecule has 0 amide bonds. The molecule has 14 heavy (non-hydrogen) atoms. The molecular formula is C11H22N2O. The summed E-state index contributed by atoms with van der Waals surface area (Å²) in [6.07, 6.45) is 5.13. The highest BCUT2D eigenvalue weighted by molar-refractivity contribution is 4.75. The molecule has 0 bridgehead atoms. The number of hydrogen-bond acceptors (Lipinski definition) is 3. The van der Waals surface area contributed by atoms with E-state index in [2.05, 4.69) is 23.8 Å². The SMILES string of the molecule is C=COCCCNC1CCN(C)CC1. The molecule has 3 nitrogen and oxygen atoms in total. The first kappa shape index (κ1) is 11.5. The minimum absolute atomic E-state index is 0.718. The molecule has 1 aliphatic rings. The number of nitrogens with one attached hydrogen (secondary N) is 1. The lowest BCUT2D eigenvalue weighted by molar-refractivity contribution is 0.220. The van der Waals surface area contributed by atoms with Gasteiger partial charge < -0.3 is 15.0 Å². The van der Waals surface area contributed by atoms with Crippen LogP contribution >= 0.6 is 0 Å². The number of ether oxygens (including phenoxy) is 1. The molecule has 1 saturated heterocycles. The fourth-order valence-electron chi connectivity index (χ4n) is 1.76. The number of rotatable bonds is 6. The van der Waals surface area contributed by atoms with Gasteiger partial charge in [0.2, 0.25) is 0 Å². The molecule has 0 atom stereocenters. The van der Waals surface area contributed by atoms with Crippen molar-refractivity contribution in [3.05, 3.63) is 12.8 Å². The second-order valence-corrected chi connectivity index (χ2v) is 3.92. The predicted molar refractivity (Wildman–Crippen MR) is 59.3 cm³/mol. The van der Waals surface area contributed by atoms with Gasteiger partial charge in [0, 0.05) is 6.04 Å². The maximum Gasteiger partial charge on any atom is 0.0885 e. The summed E-state index contributed by atoms with van der Waals surface area (Å²) in [5.74, 6) is 0. The number of piperidine rings is 1. The Morgan fingerprint density at radius 3 is 2.86 bits per heavy atom. The van der Waals surface area contributed by atoms with Gasteiger partial charge in [0.15, 0.2) is 0 Å². The van der Waals surface area contributed by atoms with Crippen molar-refractivity contribution in [1.29, 1.82) is 0 Å². The van der Waals surface area contributed by atoms with E-state index in [9.17, 15) is 0 Å². The van der Waals surface area contributed by atoms with E-state index in [4.69, 9.17) is 4.74 Å². The zero-order valence-corrected chi connectivity index (χ0v) is 9.17. The van der Waals surface area contributed by atoms with Crippen LogP contribution in [0.1, 0.15) is 19.3 Å². The number of nitrogens with zero attached hydrogens (tertiary/aromatic N) is 1. The Morgan fingerprint density at radius 2 is 2.21 bits per heavy atom. The average Bonchev–Trinajstić information content (AvgIpc) is 2.21. The van der Waals surface area contributed by atoms with Gasteiger partial charge in [0.05, 0.1) is 12.9 Å². The Balaban J connectivity index is 1.93. The van der Waals surface area contributed by atoms with Gasteiger partial charge in [-0.05, 0) is 45.9 Å². The minimum atomic E-state index is 0.718. The molecule has 3 heteroatoms. The zero-order chi connectivity index (χ0) is 10.2. The lowest BCUT2D eigenvalue weighted by atomic mass is 10.1. The van der Waals surface area contributed by atoms with Gasteiger partial charge in [-0.3, -0.25) is 0 Å². The second-order valence-electron chi connectivity index (χ2n) is 3.92. The first-order valence-electron chi connectivity index (χ1n) is 5.47. The van der Waals surface area contributed by atoms with Crippen LogP contribution in [0.25, 0.3) is 0 Å². The van der Waals surface area contributed by atoms with Crippen LogP contribution in [-0.4, -0.2) is 44.2 Å². The molecule has 0 aliphatic carbocycles. The molecule has 0 aromatic rings. The van der Waals surface area contributed by atoms with Crippen LogP contribution in [0.5, 0.6) is 0 Å². The molecule has 1 fully saturated rings. The third kappa shape index (κ3) is 4.63. The van der Waals surface area contributed by atoms with E-state index in [1.807, 2.05) is 0 Å². The summed E-state index contributed by atoms with van der Waals surface area (Å²) in [5.41, 5.74) is 0. The molecule has 1 N–H and O–H groups in total. The van der Waals surface area contributed by atoms with Crippen molar-refractivity contribution in [2.24, 2.45) is 0 Å². The first-order valence-corrected chi connectivity index (χ1v) is 5.47. The third-order valence-electron chi connectivity index (χ3n) is 2.71. The quantitative estimate of drug-likeness (QED) is 0.513. The normalized spacial score (nSPS) is 19.5. The van der Waals surface area contributed by atoms with Crippen molar-refractivity contribution in [3.8, 4) is 0 Å². The third-order valence-corrected chi connectivity index (χ3v) is 2.71. The van der Waals surface area contributed by atoms with E-state index in [0.717, 1.165) is 25.6 Å². The van der Waals surface area contributed by atoms with Gasteiger partial charge in [0.25, 0.3) is 0 Å². The Labute approximate surface area is 87.1 Å². The zero-order valence-electron chi connectivity index (χ0n) is 9.17. The molecular weight excluding hydrogens is 176 g/mol. The maximum absolute atomic E-state index is 5.06. The Bertz CT molecular complexity index is 153. The minimum Gasteiger partial charge on any atom is -0.502 e. The molecule has 0 unspecified atom stereocenters. The molecule has 0 aromatic heterocycles. The molecule has 1 heterocycles. The van der Waals surface area contributed by atoms with Crippen molar-refractivity contribution in [1.82, 2.24) is 10.2 Å². The summed E-state index contributed by atoms with van der Waals surface area (Å²) in [4.78, 5) is 2.39. The predicted octanol–water partition coefficient (Wildman–Crippen LogP) is 1.22. The standard InChI is InChI=1S/C11H22N2O/c1-3-14-10-4-7-12-11-5-8-13(2)9-6-11/h3,11-12H,1,4-10H2,2H3. The van der Waals surface area contributed by atoms with Crippen molar-refractivity contribution < 1.29 is 4.74 Å². The lowest BCUT2D eigenvalue weighted by Crippen LogP contribution is -2.41. The van der Waals surface area contributed by atoms with E-state index in [1.165, 1.54) is 32.2 Å². The van der Waals surface area contributed by atoms with Gasteiger partial charge in [-0.1, -0.05) is 6.58 Å². The van der Waals surface area contributed by atoms with E-state index >= 15 is 0 Å². The van der Waals surface area contributed by atoms with Gasteiger partial charge >= 0.3 is 0 Å². The summed E-state index contributed by atoms with van der Waals surface area (Å²) < 4.78 is 5.06. The highest BCUT2D eigenvalue weighted by Crippen LogP contribution is 2.07. The Kier molecular flexibility index (Phi) is 5.64. The molecule has 1 rings (SSSR count). The van der Waals surface area contributed by atoms with Crippen LogP contribution in [0.2, 0.25) is 0 Å². The van der Waals surface area contributed by atoms with Crippen LogP contribution in [-0.2, 0) is 4.74 Å². The van der Waals surface area contributed by atoms with Crippen LogP contribution in [0, 0.1) is 0 Å². The fourth-order valence-corrected chi connectivity index (χ4v) is 1.76. The maximum atomic E-state index is 5.06. The highest BCUT2D eigenvalue weighted by atomic mass is 16.5. The molecule has 0 aromatic carbocycles. The van der Waals surface area contributed by atoms with Crippen LogP contribution in [0.15, 0.2) is 12.8 Å². The lowest BCUT2D eigenvalue weighted by Gasteiger charge is -2.29. The van der Waals surface area contributed by atoms with Crippen molar-refractivity contribution >= 4 is 0 Å². The summed E-state index contributed by atoms with van der Waals surface area (Å²) in [7, 11) is 2.19. The summed E-state index contributed by atoms with van der Waals surface area (Å²) >= 11 is 0. The van der Waals surface area contributed by atoms with Crippen molar-refractivity contribution in [2.45, 2.75) is 25.3 Å². The van der Waals surface area contributed by atoms with Crippen molar-refractivity contribution in [3.63, 3.8) is 0 Å². The monoisotopic (exact) mass is 198 g/mol. The largest absolute Gasteiger partial charge is 0.502 e. The Hall–Kier alpha value is -0.540. The van der Waals surface area contributed by atoms with Crippen molar-refractivity contribution in [2.75, 3.05) is 33.3 Å². The molecule has 1 aliphatic heterocycles. The van der Waals surface area contributed by atoms with E-state index < -0.39 is 0 Å². The summed E-state index contributed by atoms with van der Waals surface area (Å²) in [6, 6.07) is 0.718. The van der Waals surface area contributed by atoms with Gasteiger partial charge in [-0.15, -0.1) is 0 Å². The molecule has 0 spiro atoms. The van der Waals surface area contributed by atoms with Crippen LogP contribution < -0.4 is 5.32 Å². The van der Waals surface area contributed by atoms with E-state index in [1.54, 1.807) is 0 Å². The fraction of sp³-hybridized carbons (Fsp3) is 0.818. The second kappa shape index (κ2) is 6.85. The highest BCUT2D eigenvalue weighted by Gasteiger charge is 2.14. The van der Waals surface area contributed by atoms with Gasteiger partial charge in [0.1, 0.15) is 0 Å². The van der Waals surface area contributed by atoms with E-state index in [-0.39, 0.29) is 0 Å². The summed E-state index contributed by atoms with van der Waals surface area (Å²) in [6.45, 7) is 7.79. The molecule has 0 saturated carbocycles. The topological polar surface area (TPSA) is 24.5 Å². The smallest absolute Gasteiger partial charge is 0.0885 e. The first-order chi connectivity index (χ1) is 6.83. The van der Waals surface area contributed by atoms with Gasteiger partial charge in [-0.25, -0.2) is 0 Å². The number of likely N-dealkylation sites (tertiary alicyclic amines) is 1. The van der Waals surface area contributed by atoms with Gasteiger partial charge in [-0.2, -0.15) is 0 Å². The average molecular weight is 198 g/mol.